The van der Waals surface area contributed by atoms with E-state index in [2.05, 4.69) is 22.2 Å². The molecule has 0 saturated carbocycles. The van der Waals surface area contributed by atoms with Gasteiger partial charge in [0.2, 0.25) is 5.91 Å². The number of likely N-dealkylation sites (N-methyl/N-ethyl adjacent to an activating group) is 1. The molecule has 1 amide bonds. The topological polar surface area (TPSA) is 35.6 Å². The van der Waals surface area contributed by atoms with Gasteiger partial charge in [0, 0.05) is 44.8 Å². The van der Waals surface area contributed by atoms with Gasteiger partial charge in [-0.3, -0.25) is 4.79 Å². The summed E-state index contributed by atoms with van der Waals surface area (Å²) in [4.78, 5) is 16.6. The lowest BCUT2D eigenvalue weighted by atomic mass is 10.2. The molecule has 20 heavy (non-hydrogen) atoms. The van der Waals surface area contributed by atoms with Crippen LogP contribution in [-0.2, 0) is 4.79 Å². The van der Waals surface area contributed by atoms with Crippen LogP contribution < -0.4 is 17.7 Å². The van der Waals surface area contributed by atoms with Crippen molar-refractivity contribution in [2.45, 2.75) is 13.3 Å². The van der Waals surface area contributed by atoms with Crippen LogP contribution in [0.1, 0.15) is 12.0 Å². The van der Waals surface area contributed by atoms with Gasteiger partial charge in [-0.05, 0) is 31.7 Å². The summed E-state index contributed by atoms with van der Waals surface area (Å²) < 4.78 is 0. The van der Waals surface area contributed by atoms with Crippen molar-refractivity contribution in [3.8, 4) is 0 Å². The molecule has 0 bridgehead atoms. The number of benzene rings is 1. The Labute approximate surface area is 127 Å². The molecule has 1 aromatic rings. The van der Waals surface area contributed by atoms with Crippen LogP contribution in [0.3, 0.4) is 0 Å². The summed E-state index contributed by atoms with van der Waals surface area (Å²) in [6.45, 7) is 7.20. The van der Waals surface area contributed by atoms with E-state index in [-0.39, 0.29) is 18.3 Å². The minimum Gasteiger partial charge on any atom is -1.00 e. The molecule has 112 valence electrons. The van der Waals surface area contributed by atoms with Crippen molar-refractivity contribution in [2.75, 3.05) is 45.1 Å². The summed E-state index contributed by atoms with van der Waals surface area (Å²) in [6.07, 6.45) is 0.567. The summed E-state index contributed by atoms with van der Waals surface area (Å²) in [5.41, 5.74) is 2.06. The Hall–Kier alpha value is -1.10. The minimum absolute atomic E-state index is 0. The summed E-state index contributed by atoms with van der Waals surface area (Å²) >= 11 is 0. The van der Waals surface area contributed by atoms with Crippen LogP contribution in [0, 0.1) is 6.92 Å². The molecular weight excluding hydrogens is 274 g/mol. The Bertz CT molecular complexity index is 431. The molecule has 0 radical (unpaired) electrons. The zero-order valence-electron chi connectivity index (χ0n) is 12.2. The lowest BCUT2D eigenvalue weighted by Crippen LogP contribution is -3.00. The van der Waals surface area contributed by atoms with Crippen molar-refractivity contribution < 1.29 is 17.2 Å². The summed E-state index contributed by atoms with van der Waals surface area (Å²) in [7, 11) is 2.14. The monoisotopic (exact) mass is 296 g/mol. The van der Waals surface area contributed by atoms with E-state index in [0.717, 1.165) is 44.0 Å². The van der Waals surface area contributed by atoms with Crippen molar-refractivity contribution >= 4 is 11.6 Å². The van der Waals surface area contributed by atoms with E-state index < -0.39 is 0 Å². The Balaban J connectivity index is 0.00000200. The van der Waals surface area contributed by atoms with Gasteiger partial charge in [0.1, 0.15) is 0 Å². The number of carbonyl (C=O) groups is 1. The SMILES string of the molecule is Cc1cccc(NC(=O)CCN2CCN(C)CC2)c1.[Cl-]. The fraction of sp³-hybridized carbons (Fsp3) is 0.533. The number of aryl methyl sites for hydroxylation is 1. The third-order valence-electron chi connectivity index (χ3n) is 3.55. The van der Waals surface area contributed by atoms with Crippen molar-refractivity contribution in [2.24, 2.45) is 0 Å². The van der Waals surface area contributed by atoms with Crippen LogP contribution in [0.2, 0.25) is 0 Å². The number of nitrogens with zero attached hydrogens (tertiary/aromatic N) is 2. The molecule has 2 rings (SSSR count). The van der Waals surface area contributed by atoms with E-state index in [0.29, 0.717) is 6.42 Å². The highest BCUT2D eigenvalue weighted by molar-refractivity contribution is 5.90. The van der Waals surface area contributed by atoms with Crippen LogP contribution in [0.25, 0.3) is 0 Å². The highest BCUT2D eigenvalue weighted by Crippen LogP contribution is 2.10. The van der Waals surface area contributed by atoms with E-state index in [1.165, 1.54) is 0 Å². The van der Waals surface area contributed by atoms with E-state index in [1.54, 1.807) is 0 Å². The number of hydrogen-bond acceptors (Lipinski definition) is 3. The molecule has 1 saturated heterocycles. The van der Waals surface area contributed by atoms with Gasteiger partial charge in [-0.25, -0.2) is 0 Å². The maximum absolute atomic E-state index is 11.9. The molecule has 0 unspecified atom stereocenters. The minimum atomic E-state index is 0. The van der Waals surface area contributed by atoms with Crippen LogP contribution >= 0.6 is 0 Å². The third kappa shape index (κ3) is 5.49. The molecule has 1 aromatic carbocycles. The van der Waals surface area contributed by atoms with E-state index in [9.17, 15) is 4.79 Å². The standard InChI is InChI=1S/C15H23N3O.ClH/c1-13-4-3-5-14(12-13)16-15(19)6-7-18-10-8-17(2)9-11-18;/h3-5,12H,6-11H2,1-2H3,(H,16,19);1H/p-1. The number of anilines is 1. The quantitative estimate of drug-likeness (QED) is 0.740. The van der Waals surface area contributed by atoms with Crippen molar-refractivity contribution in [1.82, 2.24) is 9.80 Å². The molecule has 0 aromatic heterocycles. The summed E-state index contributed by atoms with van der Waals surface area (Å²) in [5, 5.41) is 2.96. The summed E-state index contributed by atoms with van der Waals surface area (Å²) in [5.74, 6) is 0.101. The second-order valence-corrected chi connectivity index (χ2v) is 5.31. The number of nitrogens with one attached hydrogen (secondary N) is 1. The molecule has 0 spiro atoms. The molecule has 1 aliphatic heterocycles. The molecule has 1 heterocycles. The lowest BCUT2D eigenvalue weighted by molar-refractivity contribution is -0.116. The first-order valence-corrected chi connectivity index (χ1v) is 6.91. The van der Waals surface area contributed by atoms with Crippen LogP contribution in [0.4, 0.5) is 5.69 Å². The Kier molecular flexibility index (Phi) is 6.99. The highest BCUT2D eigenvalue weighted by atomic mass is 35.5. The Morgan fingerprint density at radius 1 is 1.25 bits per heavy atom. The van der Waals surface area contributed by atoms with Gasteiger partial charge in [0.15, 0.2) is 0 Å². The van der Waals surface area contributed by atoms with Gasteiger partial charge in [0.25, 0.3) is 0 Å². The van der Waals surface area contributed by atoms with E-state index in [4.69, 9.17) is 0 Å². The van der Waals surface area contributed by atoms with Gasteiger partial charge in [-0.15, -0.1) is 0 Å². The van der Waals surface area contributed by atoms with Crippen molar-refractivity contribution in [3.63, 3.8) is 0 Å². The molecule has 5 heteroatoms. The largest absolute Gasteiger partial charge is 1.00 e. The summed E-state index contributed by atoms with van der Waals surface area (Å²) in [6, 6.07) is 7.92. The molecule has 1 fully saturated rings. The third-order valence-corrected chi connectivity index (χ3v) is 3.55. The average Bonchev–Trinajstić information content (AvgIpc) is 2.38. The van der Waals surface area contributed by atoms with Gasteiger partial charge in [-0.1, -0.05) is 12.1 Å². The predicted molar refractivity (Wildman–Crippen MR) is 78.4 cm³/mol. The molecule has 0 atom stereocenters. The first-order valence-electron chi connectivity index (χ1n) is 6.91. The van der Waals surface area contributed by atoms with Gasteiger partial charge >= 0.3 is 0 Å². The maximum Gasteiger partial charge on any atom is 0.225 e. The Morgan fingerprint density at radius 3 is 2.60 bits per heavy atom. The maximum atomic E-state index is 11.9. The molecule has 4 nitrogen and oxygen atoms in total. The highest BCUT2D eigenvalue weighted by Gasteiger charge is 2.14. The van der Waals surface area contributed by atoms with Crippen molar-refractivity contribution in [1.29, 1.82) is 0 Å². The zero-order chi connectivity index (χ0) is 13.7. The second-order valence-electron chi connectivity index (χ2n) is 5.31. The smallest absolute Gasteiger partial charge is 0.225 e. The van der Waals surface area contributed by atoms with Gasteiger partial charge in [0.05, 0.1) is 0 Å². The van der Waals surface area contributed by atoms with Crippen molar-refractivity contribution in [3.05, 3.63) is 29.8 Å². The molecular formula is C15H23ClN3O-. The zero-order valence-corrected chi connectivity index (χ0v) is 13.0. The van der Waals surface area contributed by atoms with E-state index >= 15 is 0 Å². The number of amides is 1. The number of carbonyl (C=O) groups excluding carboxylic acids is 1. The molecule has 0 aliphatic carbocycles. The first-order chi connectivity index (χ1) is 9.13. The first kappa shape index (κ1) is 17.0. The van der Waals surface area contributed by atoms with Gasteiger partial charge in [-0.2, -0.15) is 0 Å². The van der Waals surface area contributed by atoms with E-state index in [1.807, 2.05) is 31.2 Å². The normalized spacial score (nSPS) is 16.5. The second kappa shape index (κ2) is 8.25. The van der Waals surface area contributed by atoms with Gasteiger partial charge < -0.3 is 27.5 Å². The molecule has 1 N–H and O–H groups in total. The van der Waals surface area contributed by atoms with Crippen LogP contribution in [0.5, 0.6) is 0 Å². The Morgan fingerprint density at radius 2 is 1.95 bits per heavy atom. The molecule has 1 aliphatic rings. The number of hydrogen-bond donors (Lipinski definition) is 1. The average molecular weight is 297 g/mol. The number of piperazine rings is 1. The van der Waals surface area contributed by atoms with Crippen LogP contribution in [-0.4, -0.2) is 55.5 Å². The predicted octanol–water partition coefficient (Wildman–Crippen LogP) is -1.42. The number of rotatable bonds is 4. The fourth-order valence-electron chi connectivity index (χ4n) is 2.28. The fourth-order valence-corrected chi connectivity index (χ4v) is 2.28. The lowest BCUT2D eigenvalue weighted by Gasteiger charge is -2.32. The number of halogens is 1. The van der Waals surface area contributed by atoms with Crippen LogP contribution in [0.15, 0.2) is 24.3 Å².